The van der Waals surface area contributed by atoms with Crippen LogP contribution in [-0.4, -0.2) is 15.8 Å². The molecule has 0 spiro atoms. The van der Waals surface area contributed by atoms with Crippen molar-refractivity contribution in [3.05, 3.63) is 63.0 Å². The average Bonchev–Trinajstić information content (AvgIpc) is 2.77. The SMILES string of the molecule is Nc1ccc(C(=O)c2ccc3[nH]c(=O)[nH]c3c2)c(Cl)c1. The van der Waals surface area contributed by atoms with Crippen LogP contribution in [0.15, 0.2) is 41.2 Å². The Morgan fingerprint density at radius 2 is 1.80 bits per heavy atom. The summed E-state index contributed by atoms with van der Waals surface area (Å²) in [5, 5.41) is 0.303. The minimum absolute atomic E-state index is 0.223. The van der Waals surface area contributed by atoms with E-state index in [1.54, 1.807) is 30.3 Å². The van der Waals surface area contributed by atoms with Crippen LogP contribution < -0.4 is 11.4 Å². The number of H-pyrrole nitrogens is 2. The molecule has 0 aliphatic carbocycles. The molecule has 0 unspecified atom stereocenters. The molecular formula is C14H10ClN3O2. The summed E-state index contributed by atoms with van der Waals surface area (Å²) in [6.45, 7) is 0. The van der Waals surface area contributed by atoms with Crippen molar-refractivity contribution in [1.82, 2.24) is 9.97 Å². The number of aromatic amines is 2. The predicted octanol–water partition coefficient (Wildman–Crippen LogP) is 2.32. The van der Waals surface area contributed by atoms with Gasteiger partial charge in [-0.15, -0.1) is 0 Å². The third-order valence-electron chi connectivity index (χ3n) is 3.02. The van der Waals surface area contributed by atoms with Crippen molar-refractivity contribution in [2.45, 2.75) is 0 Å². The zero-order valence-electron chi connectivity index (χ0n) is 10.2. The third-order valence-corrected chi connectivity index (χ3v) is 3.33. The normalized spacial score (nSPS) is 10.8. The van der Waals surface area contributed by atoms with E-state index in [9.17, 15) is 9.59 Å². The summed E-state index contributed by atoms with van der Waals surface area (Å²) in [6, 6.07) is 9.67. The van der Waals surface area contributed by atoms with E-state index in [1.165, 1.54) is 6.07 Å². The quantitative estimate of drug-likeness (QED) is 0.499. The maximum absolute atomic E-state index is 12.4. The number of carbonyl (C=O) groups excluding carboxylic acids is 1. The molecule has 20 heavy (non-hydrogen) atoms. The number of nitrogens with one attached hydrogen (secondary N) is 2. The van der Waals surface area contributed by atoms with E-state index in [0.717, 1.165) is 0 Å². The lowest BCUT2D eigenvalue weighted by molar-refractivity contribution is 0.103. The third kappa shape index (κ3) is 2.08. The molecule has 5 nitrogen and oxygen atoms in total. The fourth-order valence-corrected chi connectivity index (χ4v) is 2.32. The standard InChI is InChI=1S/C14H10ClN3O2/c15-10-6-8(16)2-3-9(10)13(19)7-1-4-11-12(5-7)18-14(20)17-11/h1-6H,16H2,(H2,17,18,20). The van der Waals surface area contributed by atoms with E-state index in [2.05, 4.69) is 9.97 Å². The molecule has 3 rings (SSSR count). The van der Waals surface area contributed by atoms with Gasteiger partial charge in [-0.25, -0.2) is 4.79 Å². The van der Waals surface area contributed by atoms with Crippen LogP contribution >= 0.6 is 11.6 Å². The highest BCUT2D eigenvalue weighted by atomic mass is 35.5. The predicted molar refractivity (Wildman–Crippen MR) is 78.2 cm³/mol. The molecule has 0 aliphatic rings. The number of imidazole rings is 1. The van der Waals surface area contributed by atoms with E-state index >= 15 is 0 Å². The van der Waals surface area contributed by atoms with Gasteiger partial charge in [-0.3, -0.25) is 4.79 Å². The van der Waals surface area contributed by atoms with Gasteiger partial charge >= 0.3 is 5.69 Å². The molecule has 3 aromatic rings. The van der Waals surface area contributed by atoms with Gasteiger partial charge in [-0.1, -0.05) is 11.6 Å². The molecule has 1 heterocycles. The summed E-state index contributed by atoms with van der Waals surface area (Å²) in [7, 11) is 0. The Balaban J connectivity index is 2.09. The average molecular weight is 288 g/mol. The molecule has 2 aromatic carbocycles. The fraction of sp³-hybridized carbons (Fsp3) is 0. The van der Waals surface area contributed by atoms with Gasteiger partial charge < -0.3 is 15.7 Å². The molecule has 0 radical (unpaired) electrons. The van der Waals surface area contributed by atoms with Crippen LogP contribution in [0.25, 0.3) is 11.0 Å². The summed E-state index contributed by atoms with van der Waals surface area (Å²) in [5.41, 5.74) is 7.83. The number of nitrogens with two attached hydrogens (primary N) is 1. The summed E-state index contributed by atoms with van der Waals surface area (Å²) in [5.74, 6) is -0.223. The van der Waals surface area contributed by atoms with Crippen LogP contribution in [0.2, 0.25) is 5.02 Å². The smallest absolute Gasteiger partial charge is 0.323 e. The van der Waals surface area contributed by atoms with Gasteiger partial charge in [0, 0.05) is 16.8 Å². The van der Waals surface area contributed by atoms with Crippen molar-refractivity contribution in [3.8, 4) is 0 Å². The summed E-state index contributed by atoms with van der Waals surface area (Å²) < 4.78 is 0. The number of fused-ring (bicyclic) bond motifs is 1. The first-order valence-corrected chi connectivity index (χ1v) is 6.24. The first kappa shape index (κ1) is 12.5. The number of rotatable bonds is 2. The highest BCUT2D eigenvalue weighted by molar-refractivity contribution is 6.35. The summed E-state index contributed by atoms with van der Waals surface area (Å²) in [6.07, 6.45) is 0. The van der Waals surface area contributed by atoms with Gasteiger partial charge in [0.2, 0.25) is 0 Å². The lowest BCUT2D eigenvalue weighted by atomic mass is 10.0. The van der Waals surface area contributed by atoms with Crippen molar-refractivity contribution >= 4 is 34.1 Å². The van der Waals surface area contributed by atoms with Crippen LogP contribution in [0.3, 0.4) is 0 Å². The zero-order valence-corrected chi connectivity index (χ0v) is 11.0. The van der Waals surface area contributed by atoms with Crippen LogP contribution in [0.1, 0.15) is 15.9 Å². The van der Waals surface area contributed by atoms with Gasteiger partial charge in [0.15, 0.2) is 5.78 Å². The molecule has 0 aliphatic heterocycles. The number of ketones is 1. The second-order valence-corrected chi connectivity index (χ2v) is 4.82. The van der Waals surface area contributed by atoms with Gasteiger partial charge in [0.05, 0.1) is 16.1 Å². The molecule has 1 aromatic heterocycles. The van der Waals surface area contributed by atoms with Crippen LogP contribution in [-0.2, 0) is 0 Å². The minimum Gasteiger partial charge on any atom is -0.399 e. The Hall–Kier alpha value is -2.53. The van der Waals surface area contributed by atoms with Crippen molar-refractivity contribution in [2.75, 3.05) is 5.73 Å². The lowest BCUT2D eigenvalue weighted by Gasteiger charge is -2.04. The van der Waals surface area contributed by atoms with Crippen LogP contribution in [0.4, 0.5) is 5.69 Å². The number of nitrogen functional groups attached to an aromatic ring is 1. The number of benzene rings is 2. The molecule has 0 atom stereocenters. The van der Waals surface area contributed by atoms with Gasteiger partial charge in [-0.2, -0.15) is 0 Å². The highest BCUT2D eigenvalue weighted by Gasteiger charge is 2.14. The minimum atomic E-state index is -0.310. The largest absolute Gasteiger partial charge is 0.399 e. The molecule has 6 heteroatoms. The first-order valence-electron chi connectivity index (χ1n) is 5.86. The Bertz CT molecular complexity index is 880. The van der Waals surface area contributed by atoms with E-state index < -0.39 is 0 Å². The van der Waals surface area contributed by atoms with Crippen molar-refractivity contribution < 1.29 is 4.79 Å². The Morgan fingerprint density at radius 3 is 2.55 bits per heavy atom. The molecule has 4 N–H and O–H groups in total. The number of hydrogen-bond acceptors (Lipinski definition) is 3. The second kappa shape index (κ2) is 4.54. The molecule has 0 fully saturated rings. The van der Waals surface area contributed by atoms with Gasteiger partial charge in [0.1, 0.15) is 0 Å². The molecule has 0 saturated heterocycles. The summed E-state index contributed by atoms with van der Waals surface area (Å²) >= 11 is 6.03. The van der Waals surface area contributed by atoms with Crippen LogP contribution in [0, 0.1) is 0 Å². The number of carbonyl (C=O) groups is 1. The van der Waals surface area contributed by atoms with E-state index in [4.69, 9.17) is 17.3 Å². The number of anilines is 1. The van der Waals surface area contributed by atoms with Crippen molar-refractivity contribution in [2.24, 2.45) is 0 Å². The Kier molecular flexibility index (Phi) is 2.84. The first-order chi connectivity index (χ1) is 9.54. The lowest BCUT2D eigenvalue weighted by Crippen LogP contribution is -2.02. The van der Waals surface area contributed by atoms with Crippen molar-refractivity contribution in [1.29, 1.82) is 0 Å². The molecule has 0 bridgehead atoms. The van der Waals surface area contributed by atoms with Crippen LogP contribution in [0.5, 0.6) is 0 Å². The molecule has 0 saturated carbocycles. The molecule has 0 amide bonds. The molecule has 100 valence electrons. The number of aromatic nitrogens is 2. The zero-order chi connectivity index (χ0) is 14.3. The van der Waals surface area contributed by atoms with Gasteiger partial charge in [-0.05, 0) is 36.4 Å². The summed E-state index contributed by atoms with van der Waals surface area (Å²) in [4.78, 5) is 28.8. The Morgan fingerprint density at radius 1 is 1.05 bits per heavy atom. The fourth-order valence-electron chi connectivity index (χ4n) is 2.04. The second-order valence-electron chi connectivity index (χ2n) is 4.41. The topological polar surface area (TPSA) is 91.7 Å². The maximum atomic E-state index is 12.4. The number of hydrogen-bond donors (Lipinski definition) is 3. The maximum Gasteiger partial charge on any atom is 0.323 e. The molecular weight excluding hydrogens is 278 g/mol. The van der Waals surface area contributed by atoms with Gasteiger partial charge in [0.25, 0.3) is 0 Å². The monoisotopic (exact) mass is 287 g/mol. The van der Waals surface area contributed by atoms with E-state index in [-0.39, 0.29) is 11.5 Å². The number of halogens is 1. The highest BCUT2D eigenvalue weighted by Crippen LogP contribution is 2.23. The van der Waals surface area contributed by atoms with E-state index in [0.29, 0.717) is 32.9 Å². The Labute approximate surface area is 118 Å². The van der Waals surface area contributed by atoms with E-state index in [1.807, 2.05) is 0 Å². The van der Waals surface area contributed by atoms with Crippen molar-refractivity contribution in [3.63, 3.8) is 0 Å².